The van der Waals surface area contributed by atoms with Gasteiger partial charge in [-0.1, -0.05) is 6.07 Å². The molecule has 1 fully saturated rings. The van der Waals surface area contributed by atoms with Gasteiger partial charge in [0.15, 0.2) is 0 Å². The molecule has 0 bridgehead atoms. The number of benzene rings is 1. The fourth-order valence-electron chi connectivity index (χ4n) is 2.18. The van der Waals surface area contributed by atoms with Gasteiger partial charge in [0.05, 0.1) is 12.9 Å². The average Bonchev–Trinajstić information content (AvgIpc) is 2.94. The molecule has 1 amide bonds. The summed E-state index contributed by atoms with van der Waals surface area (Å²) in [4.78, 5) is 15.0. The lowest BCUT2D eigenvalue weighted by Crippen LogP contribution is -2.31. The smallest absolute Gasteiger partial charge is 0.232 e. The van der Waals surface area contributed by atoms with Gasteiger partial charge < -0.3 is 15.4 Å². The molecule has 6 heteroatoms. The third kappa shape index (κ3) is 4.58. The maximum Gasteiger partial charge on any atom is 0.232 e. The summed E-state index contributed by atoms with van der Waals surface area (Å²) in [6.45, 7) is 2.33. The Bertz CT molecular complexity index is 445. The van der Waals surface area contributed by atoms with Crippen LogP contribution in [-0.4, -0.2) is 43.3 Å². The number of nitrogens with two attached hydrogens (primary N) is 1. The van der Waals surface area contributed by atoms with E-state index in [0.717, 1.165) is 30.2 Å². The Morgan fingerprint density at radius 2 is 2.35 bits per heavy atom. The van der Waals surface area contributed by atoms with Crippen LogP contribution in [0.2, 0.25) is 0 Å². The fraction of sp³-hybridized carbons (Fsp3) is 0.500. The second-order valence-electron chi connectivity index (χ2n) is 4.70. The van der Waals surface area contributed by atoms with Gasteiger partial charge in [-0.05, 0) is 37.1 Å². The van der Waals surface area contributed by atoms with E-state index in [2.05, 4.69) is 0 Å². The van der Waals surface area contributed by atoms with E-state index in [1.807, 2.05) is 29.2 Å². The highest BCUT2D eigenvalue weighted by Gasteiger charge is 2.24. The van der Waals surface area contributed by atoms with E-state index < -0.39 is 0 Å². The van der Waals surface area contributed by atoms with Crippen molar-refractivity contribution < 1.29 is 9.53 Å². The Labute approximate surface area is 130 Å². The number of hydrogen-bond acceptors (Lipinski definition) is 4. The monoisotopic (exact) mass is 316 g/mol. The summed E-state index contributed by atoms with van der Waals surface area (Å²) >= 11 is 1.55. The van der Waals surface area contributed by atoms with Crippen LogP contribution in [0.1, 0.15) is 6.42 Å². The summed E-state index contributed by atoms with van der Waals surface area (Å²) in [7, 11) is 1.64. The molecule has 0 radical (unpaired) electrons. The molecule has 1 heterocycles. The molecule has 1 aromatic rings. The zero-order chi connectivity index (χ0) is 13.7. The van der Waals surface area contributed by atoms with Gasteiger partial charge in [0.25, 0.3) is 0 Å². The van der Waals surface area contributed by atoms with Gasteiger partial charge in [-0.2, -0.15) is 0 Å². The van der Waals surface area contributed by atoms with Crippen LogP contribution in [0, 0.1) is 5.92 Å². The Morgan fingerprint density at radius 1 is 1.55 bits per heavy atom. The van der Waals surface area contributed by atoms with E-state index in [-0.39, 0.29) is 18.3 Å². The Kier molecular flexibility index (Phi) is 7.19. The number of rotatable bonds is 5. The molecule has 1 atom stereocenters. The Hall–Kier alpha value is -0.910. The van der Waals surface area contributed by atoms with Crippen molar-refractivity contribution in [3.63, 3.8) is 0 Å². The highest BCUT2D eigenvalue weighted by atomic mass is 35.5. The number of likely N-dealkylation sites (tertiary alicyclic amines) is 1. The van der Waals surface area contributed by atoms with E-state index in [4.69, 9.17) is 10.5 Å². The van der Waals surface area contributed by atoms with Gasteiger partial charge in [-0.15, -0.1) is 24.2 Å². The van der Waals surface area contributed by atoms with Crippen molar-refractivity contribution in [3.05, 3.63) is 24.3 Å². The summed E-state index contributed by atoms with van der Waals surface area (Å²) in [6.07, 6.45) is 1.03. The van der Waals surface area contributed by atoms with Crippen LogP contribution < -0.4 is 10.5 Å². The first-order chi connectivity index (χ1) is 9.22. The van der Waals surface area contributed by atoms with E-state index in [1.54, 1.807) is 18.9 Å². The van der Waals surface area contributed by atoms with E-state index in [1.165, 1.54) is 0 Å². The number of carbonyl (C=O) groups is 1. The van der Waals surface area contributed by atoms with E-state index in [9.17, 15) is 4.79 Å². The van der Waals surface area contributed by atoms with Crippen molar-refractivity contribution in [1.82, 2.24) is 4.90 Å². The molecule has 1 saturated heterocycles. The summed E-state index contributed by atoms with van der Waals surface area (Å²) in [6, 6.07) is 7.78. The minimum atomic E-state index is 0. The first-order valence-corrected chi connectivity index (χ1v) is 7.46. The minimum absolute atomic E-state index is 0. The first-order valence-electron chi connectivity index (χ1n) is 6.47. The Balaban J connectivity index is 0.00000200. The molecule has 20 heavy (non-hydrogen) atoms. The average molecular weight is 317 g/mol. The van der Waals surface area contributed by atoms with Crippen LogP contribution in [0.25, 0.3) is 0 Å². The molecular formula is C14H21ClN2O2S. The number of amides is 1. The number of nitrogens with zero attached hydrogens (tertiary/aromatic N) is 1. The SMILES string of the molecule is COc1cccc(SCC(=O)N2CCC(CN)C2)c1.Cl. The predicted molar refractivity (Wildman–Crippen MR) is 84.7 cm³/mol. The number of hydrogen-bond donors (Lipinski definition) is 1. The number of ether oxygens (including phenoxy) is 1. The molecule has 0 aliphatic carbocycles. The van der Waals surface area contributed by atoms with Crippen molar-refractivity contribution in [2.75, 3.05) is 32.5 Å². The summed E-state index contributed by atoms with van der Waals surface area (Å²) in [5, 5.41) is 0. The maximum absolute atomic E-state index is 12.1. The van der Waals surface area contributed by atoms with Crippen LogP contribution in [0.15, 0.2) is 29.2 Å². The van der Waals surface area contributed by atoms with Crippen molar-refractivity contribution in [1.29, 1.82) is 0 Å². The maximum atomic E-state index is 12.1. The second-order valence-corrected chi connectivity index (χ2v) is 5.75. The van der Waals surface area contributed by atoms with Gasteiger partial charge in [0.2, 0.25) is 5.91 Å². The quantitative estimate of drug-likeness (QED) is 0.844. The van der Waals surface area contributed by atoms with Crippen LogP contribution in [-0.2, 0) is 4.79 Å². The number of methoxy groups -OCH3 is 1. The van der Waals surface area contributed by atoms with Crippen molar-refractivity contribution in [3.8, 4) is 5.75 Å². The zero-order valence-electron chi connectivity index (χ0n) is 11.6. The number of carbonyl (C=O) groups excluding carboxylic acids is 1. The normalized spacial score (nSPS) is 17.7. The zero-order valence-corrected chi connectivity index (χ0v) is 13.2. The fourth-order valence-corrected chi connectivity index (χ4v) is 3.03. The molecule has 0 spiro atoms. The van der Waals surface area contributed by atoms with Crippen LogP contribution in [0.3, 0.4) is 0 Å². The van der Waals surface area contributed by atoms with E-state index >= 15 is 0 Å². The molecule has 4 nitrogen and oxygen atoms in total. The van der Waals surface area contributed by atoms with Crippen LogP contribution in [0.5, 0.6) is 5.75 Å². The first kappa shape index (κ1) is 17.1. The Morgan fingerprint density at radius 3 is 3.00 bits per heavy atom. The summed E-state index contributed by atoms with van der Waals surface area (Å²) < 4.78 is 5.17. The lowest BCUT2D eigenvalue weighted by atomic mass is 10.1. The molecule has 1 aliphatic heterocycles. The number of halogens is 1. The third-order valence-electron chi connectivity index (χ3n) is 3.38. The van der Waals surface area contributed by atoms with Crippen molar-refractivity contribution in [2.45, 2.75) is 11.3 Å². The van der Waals surface area contributed by atoms with Crippen molar-refractivity contribution in [2.24, 2.45) is 11.7 Å². The van der Waals surface area contributed by atoms with Crippen molar-refractivity contribution >= 4 is 30.1 Å². The third-order valence-corrected chi connectivity index (χ3v) is 4.35. The van der Waals surface area contributed by atoms with Gasteiger partial charge in [0.1, 0.15) is 5.75 Å². The van der Waals surface area contributed by atoms with Crippen LogP contribution >= 0.6 is 24.2 Å². The molecule has 2 N–H and O–H groups in total. The molecule has 1 aliphatic rings. The number of thioether (sulfide) groups is 1. The van der Waals surface area contributed by atoms with Gasteiger partial charge in [0, 0.05) is 18.0 Å². The summed E-state index contributed by atoms with van der Waals surface area (Å²) in [5.74, 6) is 1.97. The van der Waals surface area contributed by atoms with Crippen LogP contribution in [0.4, 0.5) is 0 Å². The van der Waals surface area contributed by atoms with Gasteiger partial charge in [-0.25, -0.2) is 0 Å². The standard InChI is InChI=1S/C14H20N2O2S.ClH/c1-18-12-3-2-4-13(7-12)19-10-14(17)16-6-5-11(8-15)9-16;/h2-4,7,11H,5-6,8-10,15H2,1H3;1H. The van der Waals surface area contributed by atoms with E-state index in [0.29, 0.717) is 18.2 Å². The molecule has 1 aromatic carbocycles. The lowest BCUT2D eigenvalue weighted by molar-refractivity contribution is -0.127. The molecule has 112 valence electrons. The largest absolute Gasteiger partial charge is 0.497 e. The molecule has 0 saturated carbocycles. The van der Waals surface area contributed by atoms with Gasteiger partial charge >= 0.3 is 0 Å². The predicted octanol–water partition coefficient (Wildman–Crippen LogP) is 2.02. The minimum Gasteiger partial charge on any atom is -0.497 e. The molecule has 1 unspecified atom stereocenters. The highest BCUT2D eigenvalue weighted by Crippen LogP contribution is 2.24. The topological polar surface area (TPSA) is 55.6 Å². The molecular weight excluding hydrogens is 296 g/mol. The molecule has 0 aromatic heterocycles. The summed E-state index contributed by atoms with van der Waals surface area (Å²) in [5.41, 5.74) is 5.64. The lowest BCUT2D eigenvalue weighted by Gasteiger charge is -2.16. The second kappa shape index (κ2) is 8.39. The highest BCUT2D eigenvalue weighted by molar-refractivity contribution is 8.00. The molecule has 2 rings (SSSR count). The van der Waals surface area contributed by atoms with Gasteiger partial charge in [-0.3, -0.25) is 4.79 Å².